The average Bonchev–Trinajstić information content (AvgIpc) is 2.37. The van der Waals surface area contributed by atoms with Crippen LogP contribution in [0, 0.1) is 12.3 Å². The van der Waals surface area contributed by atoms with Crippen molar-refractivity contribution < 1.29 is 0 Å². The molecule has 5 heteroatoms. The number of nitrogen functional groups attached to an aromatic ring is 1. The number of aryl methyl sites for hydroxylation is 1. The van der Waals surface area contributed by atoms with Gasteiger partial charge in [-0.25, -0.2) is 4.98 Å². The molecule has 2 heterocycles. The van der Waals surface area contributed by atoms with Crippen LogP contribution in [0.1, 0.15) is 24.1 Å². The van der Waals surface area contributed by atoms with E-state index in [0.717, 1.165) is 36.6 Å². The second-order valence-corrected chi connectivity index (χ2v) is 5.41. The Kier molecular flexibility index (Phi) is 4.04. The van der Waals surface area contributed by atoms with E-state index in [-0.39, 0.29) is 5.84 Å². The van der Waals surface area contributed by atoms with Crippen LogP contribution < -0.4 is 10.6 Å². The summed E-state index contributed by atoms with van der Waals surface area (Å²) in [7, 11) is 4.20. The fourth-order valence-corrected chi connectivity index (χ4v) is 2.65. The summed E-state index contributed by atoms with van der Waals surface area (Å²) in [4.78, 5) is 9.10. The normalized spacial score (nSPS) is 20.3. The van der Waals surface area contributed by atoms with E-state index in [2.05, 4.69) is 28.9 Å². The molecule has 2 rings (SSSR count). The van der Waals surface area contributed by atoms with E-state index in [1.54, 1.807) is 0 Å². The average molecular weight is 261 g/mol. The lowest BCUT2D eigenvalue weighted by molar-refractivity contribution is 0.247. The summed E-state index contributed by atoms with van der Waals surface area (Å²) in [6.07, 6.45) is 2.36. The predicted molar refractivity (Wildman–Crippen MR) is 78.9 cm³/mol. The Labute approximate surface area is 114 Å². The number of likely N-dealkylation sites (tertiary alicyclic amines) is 1. The number of anilines is 1. The zero-order chi connectivity index (χ0) is 14.0. The van der Waals surface area contributed by atoms with Gasteiger partial charge in [0.25, 0.3) is 0 Å². The molecule has 19 heavy (non-hydrogen) atoms. The van der Waals surface area contributed by atoms with Gasteiger partial charge >= 0.3 is 0 Å². The van der Waals surface area contributed by atoms with Crippen molar-refractivity contribution in [3.8, 4) is 0 Å². The Hall–Kier alpha value is -1.62. The molecule has 1 saturated heterocycles. The molecule has 1 aliphatic heterocycles. The third-order valence-corrected chi connectivity index (χ3v) is 3.79. The van der Waals surface area contributed by atoms with Gasteiger partial charge in [-0.1, -0.05) is 0 Å². The van der Waals surface area contributed by atoms with Crippen LogP contribution in [-0.4, -0.2) is 48.9 Å². The molecule has 0 saturated carbocycles. The zero-order valence-electron chi connectivity index (χ0n) is 12.0. The van der Waals surface area contributed by atoms with Gasteiger partial charge in [-0.05, 0) is 45.5 Å². The molecule has 1 unspecified atom stereocenters. The molecule has 1 aromatic heterocycles. The van der Waals surface area contributed by atoms with E-state index >= 15 is 0 Å². The fourth-order valence-electron chi connectivity index (χ4n) is 2.65. The van der Waals surface area contributed by atoms with Crippen LogP contribution >= 0.6 is 0 Å². The quantitative estimate of drug-likeness (QED) is 0.634. The lowest BCUT2D eigenvalue weighted by Crippen LogP contribution is -2.45. The highest BCUT2D eigenvalue weighted by atomic mass is 15.2. The summed E-state index contributed by atoms with van der Waals surface area (Å²) >= 11 is 0. The van der Waals surface area contributed by atoms with Gasteiger partial charge in [0.1, 0.15) is 11.7 Å². The van der Waals surface area contributed by atoms with Crippen LogP contribution in [0.25, 0.3) is 0 Å². The molecule has 0 aliphatic carbocycles. The molecule has 1 aliphatic rings. The van der Waals surface area contributed by atoms with Crippen molar-refractivity contribution >= 4 is 11.7 Å². The summed E-state index contributed by atoms with van der Waals surface area (Å²) < 4.78 is 0. The van der Waals surface area contributed by atoms with Gasteiger partial charge in [-0.3, -0.25) is 5.41 Å². The van der Waals surface area contributed by atoms with E-state index < -0.39 is 0 Å². The summed E-state index contributed by atoms with van der Waals surface area (Å²) in [5, 5.41) is 7.69. The summed E-state index contributed by atoms with van der Waals surface area (Å²) in [6, 6.07) is 4.23. The number of nitrogens with two attached hydrogens (primary N) is 1. The van der Waals surface area contributed by atoms with Gasteiger partial charge in [-0.15, -0.1) is 0 Å². The zero-order valence-corrected chi connectivity index (χ0v) is 12.0. The monoisotopic (exact) mass is 261 g/mol. The standard InChI is InChI=1S/C14H23N5/c1-10-6-7-12(13(15)16)14(17-10)19(3)11-5-4-8-18(2)9-11/h6-7,11H,4-5,8-9H2,1-3H3,(H3,15,16). The molecule has 0 radical (unpaired) electrons. The van der Waals surface area contributed by atoms with Crippen LogP contribution in [0.3, 0.4) is 0 Å². The van der Waals surface area contributed by atoms with Crippen molar-refractivity contribution in [1.29, 1.82) is 5.41 Å². The van der Waals surface area contributed by atoms with Crippen molar-refractivity contribution in [1.82, 2.24) is 9.88 Å². The minimum absolute atomic E-state index is 0.0820. The number of likely N-dealkylation sites (N-methyl/N-ethyl adjacent to an activating group) is 2. The first-order valence-corrected chi connectivity index (χ1v) is 6.72. The predicted octanol–water partition coefficient (Wildman–Crippen LogP) is 1.20. The van der Waals surface area contributed by atoms with Crippen molar-refractivity contribution in [3.05, 3.63) is 23.4 Å². The van der Waals surface area contributed by atoms with Gasteiger partial charge in [-0.2, -0.15) is 0 Å². The number of hydrogen-bond acceptors (Lipinski definition) is 4. The van der Waals surface area contributed by atoms with Crippen LogP contribution in [0.15, 0.2) is 12.1 Å². The number of rotatable bonds is 3. The molecule has 0 spiro atoms. The molecule has 0 amide bonds. The Bertz CT molecular complexity index is 471. The van der Waals surface area contributed by atoms with Crippen molar-refractivity contribution in [2.45, 2.75) is 25.8 Å². The maximum atomic E-state index is 7.69. The third-order valence-electron chi connectivity index (χ3n) is 3.79. The molecule has 104 valence electrons. The first-order chi connectivity index (χ1) is 8.99. The SMILES string of the molecule is Cc1ccc(C(=N)N)c(N(C)C2CCCN(C)C2)n1. The minimum atomic E-state index is 0.0820. The summed E-state index contributed by atoms with van der Waals surface area (Å²) in [6.45, 7) is 4.16. The van der Waals surface area contributed by atoms with Gasteiger partial charge < -0.3 is 15.5 Å². The highest BCUT2D eigenvalue weighted by molar-refractivity contribution is 5.99. The van der Waals surface area contributed by atoms with E-state index in [4.69, 9.17) is 11.1 Å². The Morgan fingerprint density at radius 2 is 2.26 bits per heavy atom. The number of nitrogens with one attached hydrogen (secondary N) is 1. The van der Waals surface area contributed by atoms with E-state index in [1.165, 1.54) is 6.42 Å². The van der Waals surface area contributed by atoms with Crippen LogP contribution in [-0.2, 0) is 0 Å². The van der Waals surface area contributed by atoms with Crippen molar-refractivity contribution in [2.75, 3.05) is 32.1 Å². The second kappa shape index (κ2) is 5.57. The van der Waals surface area contributed by atoms with Gasteiger partial charge in [0.15, 0.2) is 0 Å². The molecule has 0 bridgehead atoms. The summed E-state index contributed by atoms with van der Waals surface area (Å²) in [5.74, 6) is 0.909. The molecular formula is C14H23N5. The Balaban J connectivity index is 2.29. The number of nitrogens with zero attached hydrogens (tertiary/aromatic N) is 3. The lowest BCUT2D eigenvalue weighted by Gasteiger charge is -2.37. The van der Waals surface area contributed by atoms with Gasteiger partial charge in [0, 0.05) is 25.3 Å². The molecule has 0 aromatic carbocycles. The first-order valence-electron chi connectivity index (χ1n) is 6.72. The maximum absolute atomic E-state index is 7.69. The van der Waals surface area contributed by atoms with Gasteiger partial charge in [0.2, 0.25) is 0 Å². The highest BCUT2D eigenvalue weighted by Gasteiger charge is 2.24. The van der Waals surface area contributed by atoms with Gasteiger partial charge in [0.05, 0.1) is 5.56 Å². The first kappa shape index (κ1) is 13.8. The third kappa shape index (κ3) is 3.04. The molecule has 3 N–H and O–H groups in total. The number of amidine groups is 1. The topological polar surface area (TPSA) is 69.2 Å². The fraction of sp³-hybridized carbons (Fsp3) is 0.571. The molecule has 1 aromatic rings. The van der Waals surface area contributed by atoms with Crippen LogP contribution in [0.4, 0.5) is 5.82 Å². The number of piperidine rings is 1. The molecule has 1 atom stereocenters. The van der Waals surface area contributed by atoms with Crippen LogP contribution in [0.2, 0.25) is 0 Å². The molecular weight excluding hydrogens is 238 g/mol. The van der Waals surface area contributed by atoms with E-state index in [0.29, 0.717) is 6.04 Å². The summed E-state index contributed by atoms with van der Waals surface area (Å²) in [5.41, 5.74) is 7.34. The van der Waals surface area contributed by atoms with E-state index in [9.17, 15) is 0 Å². The second-order valence-electron chi connectivity index (χ2n) is 5.41. The van der Waals surface area contributed by atoms with Crippen molar-refractivity contribution in [3.63, 3.8) is 0 Å². The molecule has 1 fully saturated rings. The number of aromatic nitrogens is 1. The maximum Gasteiger partial charge on any atom is 0.139 e. The Morgan fingerprint density at radius 3 is 2.89 bits per heavy atom. The smallest absolute Gasteiger partial charge is 0.139 e. The minimum Gasteiger partial charge on any atom is -0.384 e. The van der Waals surface area contributed by atoms with Crippen molar-refractivity contribution in [2.24, 2.45) is 5.73 Å². The lowest BCUT2D eigenvalue weighted by atomic mass is 10.0. The number of hydrogen-bond donors (Lipinski definition) is 2. The highest BCUT2D eigenvalue weighted by Crippen LogP contribution is 2.23. The largest absolute Gasteiger partial charge is 0.384 e. The number of pyridine rings is 1. The van der Waals surface area contributed by atoms with E-state index in [1.807, 2.05) is 19.1 Å². The Morgan fingerprint density at radius 1 is 1.53 bits per heavy atom. The molecule has 5 nitrogen and oxygen atoms in total. The van der Waals surface area contributed by atoms with Crippen LogP contribution in [0.5, 0.6) is 0 Å².